The van der Waals surface area contributed by atoms with Gasteiger partial charge in [-0.2, -0.15) is 0 Å². The number of nitrogens with zero attached hydrogens (tertiary/aromatic N) is 2. The zero-order valence-corrected chi connectivity index (χ0v) is 11.3. The van der Waals surface area contributed by atoms with E-state index in [0.717, 1.165) is 17.7 Å². The van der Waals surface area contributed by atoms with Crippen molar-refractivity contribution in [2.75, 3.05) is 7.11 Å². The largest absolute Gasteiger partial charge is 0.481 e. The first kappa shape index (κ1) is 13.3. The molecular formula is C15H18N2O2. The second-order valence-electron chi connectivity index (χ2n) is 4.42. The van der Waals surface area contributed by atoms with Crippen molar-refractivity contribution in [3.05, 3.63) is 47.9 Å². The Balaban J connectivity index is 2.09. The molecule has 4 heteroatoms. The minimum atomic E-state index is 0.194. The van der Waals surface area contributed by atoms with E-state index in [1.54, 1.807) is 7.11 Å². The Hall–Kier alpha value is -2.10. The molecule has 0 saturated carbocycles. The van der Waals surface area contributed by atoms with Crippen LogP contribution in [0.4, 0.5) is 0 Å². The lowest BCUT2D eigenvalue weighted by Crippen LogP contribution is -2.01. The SMILES string of the molecule is CCCC(=O)c1ccn(Cc2cccc(OC)n2)c1. The third kappa shape index (κ3) is 3.44. The number of carbonyl (C=O) groups excluding carboxylic acids is 1. The van der Waals surface area contributed by atoms with E-state index >= 15 is 0 Å². The van der Waals surface area contributed by atoms with Crippen LogP contribution in [0.15, 0.2) is 36.7 Å². The van der Waals surface area contributed by atoms with Crippen LogP contribution in [0, 0.1) is 0 Å². The van der Waals surface area contributed by atoms with E-state index in [1.807, 2.05) is 48.1 Å². The van der Waals surface area contributed by atoms with Gasteiger partial charge in [0.1, 0.15) is 0 Å². The van der Waals surface area contributed by atoms with Gasteiger partial charge >= 0.3 is 0 Å². The minimum absolute atomic E-state index is 0.194. The predicted octanol–water partition coefficient (Wildman–Crippen LogP) is 2.92. The fourth-order valence-corrected chi connectivity index (χ4v) is 1.92. The molecule has 2 heterocycles. The van der Waals surface area contributed by atoms with Gasteiger partial charge in [-0.05, 0) is 18.6 Å². The molecule has 0 atom stereocenters. The number of ketones is 1. The van der Waals surface area contributed by atoms with E-state index in [9.17, 15) is 4.79 Å². The quantitative estimate of drug-likeness (QED) is 0.748. The molecular weight excluding hydrogens is 240 g/mol. The van der Waals surface area contributed by atoms with Crippen LogP contribution in [-0.4, -0.2) is 22.4 Å². The lowest BCUT2D eigenvalue weighted by atomic mass is 10.1. The lowest BCUT2D eigenvalue weighted by Gasteiger charge is -2.04. The molecule has 0 aliphatic rings. The maximum Gasteiger partial charge on any atom is 0.213 e. The van der Waals surface area contributed by atoms with Gasteiger partial charge < -0.3 is 9.30 Å². The Morgan fingerprint density at radius 1 is 1.37 bits per heavy atom. The van der Waals surface area contributed by atoms with Crippen molar-refractivity contribution in [3.63, 3.8) is 0 Å². The molecule has 2 aromatic heterocycles. The van der Waals surface area contributed by atoms with E-state index in [0.29, 0.717) is 18.8 Å². The average Bonchev–Trinajstić information content (AvgIpc) is 2.88. The van der Waals surface area contributed by atoms with Crippen LogP contribution in [0.2, 0.25) is 0 Å². The number of aromatic nitrogens is 2. The molecule has 0 radical (unpaired) electrons. The molecule has 0 N–H and O–H groups in total. The molecule has 0 saturated heterocycles. The highest BCUT2D eigenvalue weighted by Gasteiger charge is 2.07. The van der Waals surface area contributed by atoms with Gasteiger partial charge in [0.25, 0.3) is 0 Å². The summed E-state index contributed by atoms with van der Waals surface area (Å²) in [7, 11) is 1.60. The molecule has 0 fully saturated rings. The number of hydrogen-bond donors (Lipinski definition) is 0. The average molecular weight is 258 g/mol. The smallest absolute Gasteiger partial charge is 0.213 e. The third-order valence-electron chi connectivity index (χ3n) is 2.88. The second kappa shape index (κ2) is 6.18. The summed E-state index contributed by atoms with van der Waals surface area (Å²) in [4.78, 5) is 16.1. The van der Waals surface area contributed by atoms with E-state index in [2.05, 4.69) is 4.98 Å². The molecule has 0 spiro atoms. The summed E-state index contributed by atoms with van der Waals surface area (Å²) in [6.07, 6.45) is 5.26. The zero-order valence-electron chi connectivity index (χ0n) is 11.3. The number of rotatable bonds is 6. The topological polar surface area (TPSA) is 44.1 Å². The molecule has 0 unspecified atom stereocenters. The Kier molecular flexibility index (Phi) is 4.34. The maximum atomic E-state index is 11.8. The predicted molar refractivity (Wildman–Crippen MR) is 73.6 cm³/mol. The normalized spacial score (nSPS) is 10.4. The number of methoxy groups -OCH3 is 1. The highest BCUT2D eigenvalue weighted by atomic mass is 16.5. The van der Waals surface area contributed by atoms with Crippen molar-refractivity contribution >= 4 is 5.78 Å². The summed E-state index contributed by atoms with van der Waals surface area (Å²) in [6.45, 7) is 2.64. The van der Waals surface area contributed by atoms with Crippen molar-refractivity contribution in [1.29, 1.82) is 0 Å². The Morgan fingerprint density at radius 3 is 2.95 bits per heavy atom. The summed E-state index contributed by atoms with van der Waals surface area (Å²) in [6, 6.07) is 7.53. The van der Waals surface area contributed by atoms with E-state index in [4.69, 9.17) is 4.74 Å². The van der Waals surface area contributed by atoms with E-state index in [1.165, 1.54) is 0 Å². The van der Waals surface area contributed by atoms with Gasteiger partial charge in [0.2, 0.25) is 5.88 Å². The molecule has 2 aromatic rings. The van der Waals surface area contributed by atoms with Crippen LogP contribution in [0.3, 0.4) is 0 Å². The monoisotopic (exact) mass is 258 g/mol. The first-order valence-corrected chi connectivity index (χ1v) is 6.42. The van der Waals surface area contributed by atoms with Crippen molar-refractivity contribution < 1.29 is 9.53 Å². The summed E-state index contributed by atoms with van der Waals surface area (Å²) >= 11 is 0. The van der Waals surface area contributed by atoms with Crippen molar-refractivity contribution in [1.82, 2.24) is 9.55 Å². The van der Waals surface area contributed by atoms with Crippen LogP contribution < -0.4 is 4.74 Å². The van der Waals surface area contributed by atoms with Gasteiger partial charge in [0.15, 0.2) is 5.78 Å². The number of pyridine rings is 1. The van der Waals surface area contributed by atoms with Crippen LogP contribution in [0.25, 0.3) is 0 Å². The van der Waals surface area contributed by atoms with Crippen LogP contribution >= 0.6 is 0 Å². The molecule has 0 aliphatic carbocycles. The fourth-order valence-electron chi connectivity index (χ4n) is 1.92. The first-order valence-electron chi connectivity index (χ1n) is 6.42. The van der Waals surface area contributed by atoms with Gasteiger partial charge in [0, 0.05) is 30.4 Å². The molecule has 100 valence electrons. The molecule has 0 aromatic carbocycles. The fraction of sp³-hybridized carbons (Fsp3) is 0.333. The Labute approximate surface area is 113 Å². The van der Waals surface area contributed by atoms with Crippen LogP contribution in [-0.2, 0) is 6.54 Å². The molecule has 19 heavy (non-hydrogen) atoms. The molecule has 0 bridgehead atoms. The van der Waals surface area contributed by atoms with Crippen molar-refractivity contribution in [2.24, 2.45) is 0 Å². The van der Waals surface area contributed by atoms with Crippen molar-refractivity contribution in [2.45, 2.75) is 26.3 Å². The van der Waals surface area contributed by atoms with Crippen LogP contribution in [0.1, 0.15) is 35.8 Å². The summed E-state index contributed by atoms with van der Waals surface area (Å²) in [5, 5.41) is 0. The Morgan fingerprint density at radius 2 is 2.21 bits per heavy atom. The third-order valence-corrected chi connectivity index (χ3v) is 2.88. The second-order valence-corrected chi connectivity index (χ2v) is 4.42. The van der Waals surface area contributed by atoms with E-state index in [-0.39, 0.29) is 5.78 Å². The van der Waals surface area contributed by atoms with Gasteiger partial charge in [-0.15, -0.1) is 0 Å². The van der Waals surface area contributed by atoms with E-state index < -0.39 is 0 Å². The molecule has 0 amide bonds. The van der Waals surface area contributed by atoms with Gasteiger partial charge in [-0.25, -0.2) is 4.98 Å². The highest BCUT2D eigenvalue weighted by Crippen LogP contribution is 2.11. The lowest BCUT2D eigenvalue weighted by molar-refractivity contribution is 0.0981. The van der Waals surface area contributed by atoms with Gasteiger partial charge in [-0.1, -0.05) is 13.0 Å². The first-order chi connectivity index (χ1) is 9.22. The van der Waals surface area contributed by atoms with Gasteiger partial charge in [-0.3, -0.25) is 4.79 Å². The maximum absolute atomic E-state index is 11.8. The number of Topliss-reactive ketones (excluding diaryl/α,β-unsaturated/α-hetero) is 1. The number of carbonyl (C=O) groups is 1. The summed E-state index contributed by atoms with van der Waals surface area (Å²) < 4.78 is 7.06. The van der Waals surface area contributed by atoms with Gasteiger partial charge in [0.05, 0.1) is 19.3 Å². The Bertz CT molecular complexity index is 561. The summed E-state index contributed by atoms with van der Waals surface area (Å²) in [5.41, 5.74) is 1.68. The van der Waals surface area contributed by atoms with Crippen LogP contribution in [0.5, 0.6) is 5.88 Å². The standard InChI is InChI=1S/C15H18N2O2/c1-3-5-14(18)12-8-9-17(10-12)11-13-6-4-7-15(16-13)19-2/h4,6-10H,3,5,11H2,1-2H3. The molecule has 2 rings (SSSR count). The molecule has 0 aliphatic heterocycles. The highest BCUT2D eigenvalue weighted by molar-refractivity contribution is 5.95. The molecule has 4 nitrogen and oxygen atoms in total. The summed E-state index contributed by atoms with van der Waals surface area (Å²) in [5.74, 6) is 0.798. The minimum Gasteiger partial charge on any atom is -0.481 e. The van der Waals surface area contributed by atoms with Crippen molar-refractivity contribution in [3.8, 4) is 5.88 Å². The zero-order chi connectivity index (χ0) is 13.7. The number of ether oxygens (including phenoxy) is 1. The number of hydrogen-bond acceptors (Lipinski definition) is 3.